The number of esters is 1. The summed E-state index contributed by atoms with van der Waals surface area (Å²) < 4.78 is 5.13. The number of amides is 1. The molecule has 0 aromatic heterocycles. The minimum absolute atomic E-state index is 0.146. The zero-order valence-corrected chi connectivity index (χ0v) is 15.3. The minimum Gasteiger partial charge on any atom is -0.463 e. The number of para-hydroxylation sites is 1. The lowest BCUT2D eigenvalue weighted by Crippen LogP contribution is -2.40. The van der Waals surface area contributed by atoms with Crippen LogP contribution in [-0.2, 0) is 14.3 Å². The second kappa shape index (κ2) is 6.91. The highest BCUT2D eigenvalue weighted by atomic mass is 32.2. The Kier molecular flexibility index (Phi) is 4.82. The summed E-state index contributed by atoms with van der Waals surface area (Å²) in [7, 11) is 0. The summed E-state index contributed by atoms with van der Waals surface area (Å²) in [6, 6.07) is 5.16. The summed E-state index contributed by atoms with van der Waals surface area (Å²) in [5, 5.41) is 11.6. The van der Waals surface area contributed by atoms with Crippen LogP contribution in [0.3, 0.4) is 0 Å². The Balaban J connectivity index is 2.23. The highest BCUT2D eigenvalue weighted by molar-refractivity contribution is 8.15. The van der Waals surface area contributed by atoms with E-state index in [1.807, 2.05) is 0 Å². The van der Waals surface area contributed by atoms with Crippen LogP contribution in [0, 0.1) is 10.1 Å². The number of benzene rings is 1. The summed E-state index contributed by atoms with van der Waals surface area (Å²) in [5.74, 6) is -0.875. The van der Waals surface area contributed by atoms with E-state index in [2.05, 4.69) is 4.99 Å². The highest BCUT2D eigenvalue weighted by Gasteiger charge is 2.47. The van der Waals surface area contributed by atoms with Gasteiger partial charge in [0.05, 0.1) is 33.6 Å². The van der Waals surface area contributed by atoms with Gasteiger partial charge < -0.3 is 4.74 Å². The first kappa shape index (κ1) is 18.1. The Morgan fingerprint density at radius 3 is 2.77 bits per heavy atom. The van der Waals surface area contributed by atoms with Gasteiger partial charge in [-0.25, -0.2) is 9.79 Å². The second-order valence-corrected chi connectivity index (χ2v) is 7.11. The summed E-state index contributed by atoms with van der Waals surface area (Å²) in [5.41, 5.74) is 0.640. The Labute approximate surface area is 154 Å². The average Bonchev–Trinajstić information content (AvgIpc) is 2.87. The van der Waals surface area contributed by atoms with Gasteiger partial charge in [-0.15, -0.1) is 0 Å². The van der Waals surface area contributed by atoms with Crippen LogP contribution in [0.2, 0.25) is 0 Å². The van der Waals surface area contributed by atoms with Crippen LogP contribution in [0.1, 0.15) is 32.4 Å². The number of hydrogen-bond acceptors (Lipinski definition) is 7. The molecule has 2 unspecified atom stereocenters. The van der Waals surface area contributed by atoms with Crippen molar-refractivity contribution < 1.29 is 19.2 Å². The van der Waals surface area contributed by atoms with Gasteiger partial charge in [0.15, 0.2) is 5.17 Å². The van der Waals surface area contributed by atoms with Gasteiger partial charge in [-0.3, -0.25) is 19.8 Å². The number of carbonyl (C=O) groups excluding carboxylic acids is 2. The maximum absolute atomic E-state index is 12.7. The molecule has 1 aromatic rings. The molecule has 8 nitrogen and oxygen atoms in total. The SMILES string of the molecule is CCOC(=O)C1=C(C)N=C2SC(C)C(=O)N2C1c1ccccc1[N+](=O)[O-]. The van der Waals surface area contributed by atoms with Crippen LogP contribution in [0.25, 0.3) is 0 Å². The lowest BCUT2D eigenvalue weighted by molar-refractivity contribution is -0.385. The molecule has 2 heterocycles. The minimum atomic E-state index is -0.937. The van der Waals surface area contributed by atoms with E-state index in [1.165, 1.54) is 22.7 Å². The standard InChI is InChI=1S/C17H17N3O5S/c1-4-25-16(22)13-9(2)18-17-19(15(21)10(3)26-17)14(13)11-7-5-6-8-12(11)20(23)24/h5-8,10,14H,4H2,1-3H3. The number of amidine groups is 1. The van der Waals surface area contributed by atoms with Crippen molar-refractivity contribution in [3.05, 3.63) is 51.2 Å². The fourth-order valence-electron chi connectivity index (χ4n) is 3.05. The Morgan fingerprint density at radius 2 is 2.12 bits per heavy atom. The third-order valence-electron chi connectivity index (χ3n) is 4.18. The van der Waals surface area contributed by atoms with Crippen LogP contribution in [-0.4, -0.2) is 38.7 Å². The van der Waals surface area contributed by atoms with Crippen LogP contribution >= 0.6 is 11.8 Å². The van der Waals surface area contributed by atoms with Crippen molar-refractivity contribution in [2.45, 2.75) is 32.1 Å². The third kappa shape index (κ3) is 2.88. The molecular formula is C17H17N3O5S. The molecule has 9 heteroatoms. The van der Waals surface area contributed by atoms with Crippen LogP contribution in [0.15, 0.2) is 40.5 Å². The second-order valence-electron chi connectivity index (χ2n) is 5.80. The summed E-state index contributed by atoms with van der Waals surface area (Å²) in [6.45, 7) is 5.20. The van der Waals surface area contributed by atoms with Gasteiger partial charge in [-0.05, 0) is 26.8 Å². The monoisotopic (exact) mass is 375 g/mol. The van der Waals surface area contributed by atoms with Gasteiger partial charge in [0.2, 0.25) is 5.91 Å². The lowest BCUT2D eigenvalue weighted by Gasteiger charge is -2.32. The van der Waals surface area contributed by atoms with Gasteiger partial charge in [0.25, 0.3) is 5.69 Å². The molecule has 0 saturated carbocycles. The average molecular weight is 375 g/mol. The number of fused-ring (bicyclic) bond motifs is 1. The molecule has 0 radical (unpaired) electrons. The highest BCUT2D eigenvalue weighted by Crippen LogP contribution is 2.45. The summed E-state index contributed by atoms with van der Waals surface area (Å²) >= 11 is 1.27. The lowest BCUT2D eigenvalue weighted by atomic mass is 9.93. The van der Waals surface area contributed by atoms with E-state index < -0.39 is 16.9 Å². The molecule has 0 N–H and O–H groups in total. The number of carbonyl (C=O) groups is 2. The Bertz CT molecular complexity index is 864. The number of nitro benzene ring substituents is 1. The predicted molar refractivity (Wildman–Crippen MR) is 96.5 cm³/mol. The number of aliphatic imine (C=N–C) groups is 1. The molecule has 1 saturated heterocycles. The molecular weight excluding hydrogens is 358 g/mol. The fourth-order valence-corrected chi connectivity index (χ4v) is 4.08. The molecule has 1 fully saturated rings. The molecule has 3 rings (SSSR count). The quantitative estimate of drug-likeness (QED) is 0.455. The maximum Gasteiger partial charge on any atom is 0.338 e. The largest absolute Gasteiger partial charge is 0.463 e. The number of hydrogen-bond donors (Lipinski definition) is 0. The molecule has 2 atom stereocenters. The van der Waals surface area contributed by atoms with Crippen molar-refractivity contribution in [2.75, 3.05) is 6.61 Å². The van der Waals surface area contributed by atoms with Gasteiger partial charge >= 0.3 is 5.97 Å². The van der Waals surface area contributed by atoms with E-state index >= 15 is 0 Å². The van der Waals surface area contributed by atoms with E-state index in [1.54, 1.807) is 39.0 Å². The number of nitro groups is 1. The molecule has 0 aliphatic carbocycles. The normalized spacial score (nSPS) is 22.2. The first-order valence-electron chi connectivity index (χ1n) is 8.06. The number of thioether (sulfide) groups is 1. The van der Waals surface area contributed by atoms with Crippen LogP contribution in [0.4, 0.5) is 5.69 Å². The van der Waals surface area contributed by atoms with Crippen molar-refractivity contribution >= 4 is 34.5 Å². The zero-order valence-electron chi connectivity index (χ0n) is 14.5. The summed E-state index contributed by atoms with van der Waals surface area (Å²) in [4.78, 5) is 42.1. The number of allylic oxidation sites excluding steroid dienone is 1. The predicted octanol–water partition coefficient (Wildman–Crippen LogP) is 2.81. The van der Waals surface area contributed by atoms with Gasteiger partial charge in [-0.2, -0.15) is 0 Å². The van der Waals surface area contributed by atoms with Gasteiger partial charge in [-0.1, -0.05) is 23.9 Å². The first-order chi connectivity index (χ1) is 12.4. The van der Waals surface area contributed by atoms with E-state index in [9.17, 15) is 19.7 Å². The Hall–Kier alpha value is -2.68. The van der Waals surface area contributed by atoms with Crippen molar-refractivity contribution in [3.63, 3.8) is 0 Å². The van der Waals surface area contributed by atoms with Crippen molar-refractivity contribution in [1.29, 1.82) is 0 Å². The molecule has 26 heavy (non-hydrogen) atoms. The number of nitrogens with zero attached hydrogens (tertiary/aromatic N) is 3. The van der Waals surface area contributed by atoms with Crippen LogP contribution < -0.4 is 0 Å². The van der Waals surface area contributed by atoms with E-state index in [0.29, 0.717) is 10.9 Å². The van der Waals surface area contributed by atoms with Crippen LogP contribution in [0.5, 0.6) is 0 Å². The molecule has 1 aromatic carbocycles. The van der Waals surface area contributed by atoms with Gasteiger partial charge in [0, 0.05) is 6.07 Å². The van der Waals surface area contributed by atoms with E-state index in [0.717, 1.165) is 0 Å². The maximum atomic E-state index is 12.7. The molecule has 0 bridgehead atoms. The summed E-state index contributed by atoms with van der Waals surface area (Å²) in [6.07, 6.45) is 0. The smallest absolute Gasteiger partial charge is 0.338 e. The van der Waals surface area contributed by atoms with Crippen molar-refractivity contribution in [2.24, 2.45) is 4.99 Å². The van der Waals surface area contributed by atoms with Crippen molar-refractivity contribution in [1.82, 2.24) is 4.90 Å². The van der Waals surface area contributed by atoms with Gasteiger partial charge in [0.1, 0.15) is 6.04 Å². The fraction of sp³-hybridized carbons (Fsp3) is 0.353. The zero-order chi connectivity index (χ0) is 19.0. The van der Waals surface area contributed by atoms with E-state index in [-0.39, 0.29) is 34.6 Å². The third-order valence-corrected chi connectivity index (χ3v) is 5.24. The molecule has 136 valence electrons. The topological polar surface area (TPSA) is 102 Å². The molecule has 1 amide bonds. The van der Waals surface area contributed by atoms with Crippen molar-refractivity contribution in [3.8, 4) is 0 Å². The first-order valence-corrected chi connectivity index (χ1v) is 8.94. The Morgan fingerprint density at radius 1 is 1.42 bits per heavy atom. The number of ether oxygens (including phenoxy) is 1. The molecule has 2 aliphatic rings. The molecule has 2 aliphatic heterocycles. The molecule has 0 spiro atoms. The number of rotatable bonds is 4. The van der Waals surface area contributed by atoms with E-state index in [4.69, 9.17) is 4.74 Å².